The van der Waals surface area contributed by atoms with E-state index in [0.717, 1.165) is 43.9 Å². The Morgan fingerprint density at radius 1 is 0.963 bits per heavy atom. The molecule has 0 spiro atoms. The summed E-state index contributed by atoms with van der Waals surface area (Å²) in [6, 6.07) is 0. The minimum absolute atomic E-state index is 0.128. The molecule has 1 saturated carbocycles. The van der Waals surface area contributed by atoms with Gasteiger partial charge >= 0.3 is 0 Å². The highest BCUT2D eigenvalue weighted by molar-refractivity contribution is 4.93. The van der Waals surface area contributed by atoms with Crippen LogP contribution in [-0.4, -0.2) is 22.4 Å². The van der Waals surface area contributed by atoms with Crippen LogP contribution in [0, 0.1) is 29.1 Å². The van der Waals surface area contributed by atoms with Crippen molar-refractivity contribution < 1.29 is 10.2 Å². The van der Waals surface area contributed by atoms with Gasteiger partial charge in [-0.3, -0.25) is 0 Å². The van der Waals surface area contributed by atoms with Crippen LogP contribution in [0.25, 0.3) is 0 Å². The molecular formula is C25H50O2. The Kier molecular flexibility index (Phi) is 11.5. The Balaban J connectivity index is 2.76. The van der Waals surface area contributed by atoms with Gasteiger partial charge in [0.15, 0.2) is 0 Å². The first-order valence-corrected chi connectivity index (χ1v) is 12.1. The molecule has 1 aliphatic carbocycles. The van der Waals surface area contributed by atoms with Gasteiger partial charge in [-0.15, -0.1) is 0 Å². The fourth-order valence-corrected chi connectivity index (χ4v) is 5.71. The molecule has 2 N–H and O–H groups in total. The van der Waals surface area contributed by atoms with Gasteiger partial charge in [0.2, 0.25) is 0 Å². The highest BCUT2D eigenvalue weighted by Gasteiger charge is 2.43. The second-order valence-electron chi connectivity index (χ2n) is 10.4. The van der Waals surface area contributed by atoms with Gasteiger partial charge in [-0.2, -0.15) is 0 Å². The van der Waals surface area contributed by atoms with Crippen LogP contribution in [0.2, 0.25) is 0 Å². The van der Waals surface area contributed by atoms with Crippen LogP contribution in [0.15, 0.2) is 0 Å². The monoisotopic (exact) mass is 382 g/mol. The predicted octanol–water partition coefficient (Wildman–Crippen LogP) is 6.97. The van der Waals surface area contributed by atoms with E-state index in [1.54, 1.807) is 0 Å². The maximum atomic E-state index is 10.7. The Labute approximate surface area is 170 Å². The van der Waals surface area contributed by atoms with Crippen molar-refractivity contribution in [1.29, 1.82) is 0 Å². The number of rotatable bonds is 13. The van der Waals surface area contributed by atoms with Gasteiger partial charge < -0.3 is 10.2 Å². The van der Waals surface area contributed by atoms with E-state index >= 15 is 0 Å². The fourth-order valence-electron chi connectivity index (χ4n) is 5.71. The van der Waals surface area contributed by atoms with Crippen molar-refractivity contribution in [3.63, 3.8) is 0 Å². The van der Waals surface area contributed by atoms with E-state index in [4.69, 9.17) is 0 Å². The predicted molar refractivity (Wildman–Crippen MR) is 118 cm³/mol. The number of aliphatic hydroxyl groups is 2. The van der Waals surface area contributed by atoms with E-state index in [0.29, 0.717) is 11.8 Å². The molecule has 0 aromatic carbocycles. The molecule has 2 nitrogen and oxygen atoms in total. The zero-order valence-electron chi connectivity index (χ0n) is 19.3. The van der Waals surface area contributed by atoms with E-state index in [-0.39, 0.29) is 17.6 Å². The Bertz CT molecular complexity index is 379. The molecule has 2 heteroatoms. The van der Waals surface area contributed by atoms with Crippen LogP contribution in [0.4, 0.5) is 0 Å². The number of hydrogen-bond acceptors (Lipinski definition) is 2. The minimum atomic E-state index is -0.168. The largest absolute Gasteiger partial charge is 0.393 e. The lowest BCUT2D eigenvalue weighted by Gasteiger charge is -2.48. The van der Waals surface area contributed by atoms with Crippen LogP contribution in [0.1, 0.15) is 119 Å². The molecule has 6 atom stereocenters. The van der Waals surface area contributed by atoms with Crippen LogP contribution >= 0.6 is 0 Å². The smallest absolute Gasteiger partial charge is 0.0546 e. The van der Waals surface area contributed by atoms with E-state index in [2.05, 4.69) is 41.5 Å². The molecular weight excluding hydrogens is 332 g/mol. The topological polar surface area (TPSA) is 40.5 Å². The zero-order chi connectivity index (χ0) is 20.4. The van der Waals surface area contributed by atoms with Crippen molar-refractivity contribution in [2.75, 3.05) is 0 Å². The first kappa shape index (κ1) is 25.0. The van der Waals surface area contributed by atoms with Crippen LogP contribution in [-0.2, 0) is 0 Å². The molecule has 0 amide bonds. The van der Waals surface area contributed by atoms with Gasteiger partial charge in [0, 0.05) is 0 Å². The number of aliphatic hydroxyl groups excluding tert-OH is 2. The Morgan fingerprint density at radius 2 is 1.67 bits per heavy atom. The molecule has 1 fully saturated rings. The van der Waals surface area contributed by atoms with Crippen molar-refractivity contribution in [2.45, 2.75) is 131 Å². The quantitative estimate of drug-likeness (QED) is 0.361. The van der Waals surface area contributed by atoms with E-state index in [1.807, 2.05) is 0 Å². The third kappa shape index (κ3) is 8.44. The molecule has 0 aromatic rings. The van der Waals surface area contributed by atoms with Crippen molar-refractivity contribution in [3.05, 3.63) is 0 Å². The molecule has 1 rings (SSSR count). The van der Waals surface area contributed by atoms with Crippen LogP contribution in [0.3, 0.4) is 0 Å². The maximum absolute atomic E-state index is 10.7. The van der Waals surface area contributed by atoms with Gasteiger partial charge in [0.1, 0.15) is 0 Å². The lowest BCUT2D eigenvalue weighted by Crippen LogP contribution is -2.42. The highest BCUT2D eigenvalue weighted by Crippen LogP contribution is 2.50. The minimum Gasteiger partial charge on any atom is -0.393 e. The van der Waals surface area contributed by atoms with Crippen molar-refractivity contribution in [3.8, 4) is 0 Å². The summed E-state index contributed by atoms with van der Waals surface area (Å²) in [5.41, 5.74) is 0.200. The van der Waals surface area contributed by atoms with Crippen LogP contribution in [0.5, 0.6) is 0 Å². The third-order valence-electron chi connectivity index (χ3n) is 7.50. The second-order valence-corrected chi connectivity index (χ2v) is 10.4. The normalized spacial score (nSPS) is 28.9. The Hall–Kier alpha value is -0.0800. The van der Waals surface area contributed by atoms with Crippen LogP contribution < -0.4 is 0 Å². The molecule has 162 valence electrons. The Morgan fingerprint density at radius 3 is 2.26 bits per heavy atom. The summed E-state index contributed by atoms with van der Waals surface area (Å²) in [6.07, 6.45) is 13.6. The average molecular weight is 383 g/mol. The lowest BCUT2D eigenvalue weighted by atomic mass is 9.58. The standard InChI is InChI=1S/C25H50O2/c1-7-11-19(4)13-10-14-20-17-22(27)18-24(23(20)12-8-2)25(5,6)16-15-21(26)9-3/h19-24,26-27H,7-18H2,1-6H3/t19?,20-,21+,22?,23?,24+/m1/s1. The molecule has 0 bridgehead atoms. The molecule has 3 unspecified atom stereocenters. The van der Waals surface area contributed by atoms with Gasteiger partial charge in [-0.25, -0.2) is 0 Å². The SMILES string of the molecule is CCCC(C)CCC[C@@H]1CC(O)C[C@H](C(C)(C)CC[C@@H](O)CC)C1CCC. The summed E-state index contributed by atoms with van der Waals surface area (Å²) < 4.78 is 0. The summed E-state index contributed by atoms with van der Waals surface area (Å²) in [5, 5.41) is 20.7. The van der Waals surface area contributed by atoms with E-state index in [1.165, 1.54) is 44.9 Å². The van der Waals surface area contributed by atoms with E-state index < -0.39 is 0 Å². The average Bonchev–Trinajstić information content (AvgIpc) is 2.61. The first-order chi connectivity index (χ1) is 12.7. The molecule has 0 aromatic heterocycles. The van der Waals surface area contributed by atoms with Gasteiger partial charge in [-0.1, -0.05) is 86.5 Å². The molecule has 0 saturated heterocycles. The summed E-state index contributed by atoms with van der Waals surface area (Å²) in [7, 11) is 0. The number of hydrogen-bond donors (Lipinski definition) is 2. The zero-order valence-corrected chi connectivity index (χ0v) is 19.3. The molecule has 27 heavy (non-hydrogen) atoms. The molecule has 0 heterocycles. The third-order valence-corrected chi connectivity index (χ3v) is 7.50. The second kappa shape index (κ2) is 12.5. The van der Waals surface area contributed by atoms with Gasteiger partial charge in [0.25, 0.3) is 0 Å². The molecule has 0 radical (unpaired) electrons. The van der Waals surface area contributed by atoms with Crippen molar-refractivity contribution in [1.82, 2.24) is 0 Å². The van der Waals surface area contributed by atoms with Gasteiger partial charge in [0.05, 0.1) is 12.2 Å². The fraction of sp³-hybridized carbons (Fsp3) is 1.00. The summed E-state index contributed by atoms with van der Waals surface area (Å²) in [5.74, 6) is 2.86. The lowest BCUT2D eigenvalue weighted by molar-refractivity contribution is -0.0369. The summed E-state index contributed by atoms with van der Waals surface area (Å²) >= 11 is 0. The first-order valence-electron chi connectivity index (χ1n) is 12.1. The summed E-state index contributed by atoms with van der Waals surface area (Å²) in [4.78, 5) is 0. The maximum Gasteiger partial charge on any atom is 0.0546 e. The highest BCUT2D eigenvalue weighted by atomic mass is 16.3. The van der Waals surface area contributed by atoms with Crippen molar-refractivity contribution in [2.24, 2.45) is 29.1 Å². The van der Waals surface area contributed by atoms with Crippen molar-refractivity contribution >= 4 is 0 Å². The summed E-state index contributed by atoms with van der Waals surface area (Å²) in [6.45, 7) is 13.8. The molecule has 1 aliphatic rings. The van der Waals surface area contributed by atoms with Gasteiger partial charge in [-0.05, 0) is 61.2 Å². The van der Waals surface area contributed by atoms with E-state index in [9.17, 15) is 10.2 Å². The molecule has 0 aliphatic heterocycles.